The SMILES string of the molecule is O=P(c1ccccc1)(c1ccccc1)c1ccc2ccccc2c1-c1nc(-c2ccccc2)nc2ccccc12. The molecule has 0 unspecified atom stereocenters. The molecule has 7 aromatic rings. The lowest BCUT2D eigenvalue weighted by molar-refractivity contribution is 0.592. The Kier molecular flexibility index (Phi) is 6.07. The van der Waals surface area contributed by atoms with Crippen LogP contribution < -0.4 is 15.9 Å². The van der Waals surface area contributed by atoms with Gasteiger partial charge in [0.2, 0.25) is 0 Å². The third kappa shape index (κ3) is 4.04. The first-order chi connectivity index (χ1) is 19.7. The van der Waals surface area contributed by atoms with E-state index in [2.05, 4.69) is 24.3 Å². The molecule has 0 amide bonds. The number of hydrogen-bond acceptors (Lipinski definition) is 3. The summed E-state index contributed by atoms with van der Waals surface area (Å²) in [5, 5.41) is 5.35. The Morgan fingerprint density at radius 2 is 1.02 bits per heavy atom. The number of fused-ring (bicyclic) bond motifs is 2. The number of rotatable bonds is 5. The van der Waals surface area contributed by atoms with E-state index in [0.717, 1.165) is 54.4 Å². The highest BCUT2D eigenvalue weighted by molar-refractivity contribution is 7.85. The van der Waals surface area contributed by atoms with E-state index in [9.17, 15) is 0 Å². The molecule has 40 heavy (non-hydrogen) atoms. The largest absolute Gasteiger partial charge is 0.309 e. The highest BCUT2D eigenvalue weighted by atomic mass is 31.2. The first kappa shape index (κ1) is 24.2. The zero-order valence-corrected chi connectivity index (χ0v) is 22.6. The van der Waals surface area contributed by atoms with Crippen molar-refractivity contribution < 1.29 is 4.57 Å². The average Bonchev–Trinajstić information content (AvgIpc) is 3.04. The highest BCUT2D eigenvalue weighted by Crippen LogP contribution is 2.47. The Hall–Kier alpha value is -4.85. The van der Waals surface area contributed by atoms with Gasteiger partial charge in [-0.2, -0.15) is 0 Å². The summed E-state index contributed by atoms with van der Waals surface area (Å²) < 4.78 is 15.7. The minimum Gasteiger partial charge on any atom is -0.309 e. The molecule has 0 N–H and O–H groups in total. The zero-order chi connectivity index (χ0) is 26.9. The second kappa shape index (κ2) is 10.0. The predicted molar refractivity (Wildman–Crippen MR) is 167 cm³/mol. The van der Waals surface area contributed by atoms with Crippen LogP contribution >= 0.6 is 7.14 Å². The molecular formula is C36H25N2OP. The van der Waals surface area contributed by atoms with Crippen LogP contribution in [0.2, 0.25) is 0 Å². The van der Waals surface area contributed by atoms with Crippen LogP contribution in [-0.4, -0.2) is 9.97 Å². The van der Waals surface area contributed by atoms with Crippen LogP contribution in [0.15, 0.2) is 152 Å². The number of aromatic nitrogens is 2. The van der Waals surface area contributed by atoms with Gasteiger partial charge < -0.3 is 4.57 Å². The molecule has 6 aromatic carbocycles. The molecule has 0 radical (unpaired) electrons. The molecule has 0 aliphatic heterocycles. The maximum atomic E-state index is 15.7. The van der Waals surface area contributed by atoms with Crippen molar-refractivity contribution in [3.63, 3.8) is 0 Å². The van der Waals surface area contributed by atoms with Gasteiger partial charge >= 0.3 is 0 Å². The van der Waals surface area contributed by atoms with Crippen molar-refractivity contribution in [2.45, 2.75) is 0 Å². The van der Waals surface area contributed by atoms with Crippen molar-refractivity contribution in [1.29, 1.82) is 0 Å². The van der Waals surface area contributed by atoms with Gasteiger partial charge in [0.1, 0.15) is 0 Å². The zero-order valence-electron chi connectivity index (χ0n) is 21.7. The molecule has 190 valence electrons. The van der Waals surface area contributed by atoms with Gasteiger partial charge in [-0.25, -0.2) is 9.97 Å². The van der Waals surface area contributed by atoms with Crippen LogP contribution in [-0.2, 0) is 4.57 Å². The van der Waals surface area contributed by atoms with Crippen molar-refractivity contribution in [2.75, 3.05) is 0 Å². The van der Waals surface area contributed by atoms with E-state index in [1.54, 1.807) is 0 Å². The molecule has 1 aromatic heterocycles. The van der Waals surface area contributed by atoms with Crippen molar-refractivity contribution in [3.05, 3.63) is 152 Å². The van der Waals surface area contributed by atoms with Crippen LogP contribution in [0.4, 0.5) is 0 Å². The van der Waals surface area contributed by atoms with Crippen molar-refractivity contribution in [1.82, 2.24) is 9.97 Å². The molecule has 0 fully saturated rings. The Labute approximate surface area is 233 Å². The fourth-order valence-electron chi connectivity index (χ4n) is 5.46. The van der Waals surface area contributed by atoms with E-state index in [4.69, 9.17) is 9.97 Å². The summed E-state index contributed by atoms with van der Waals surface area (Å²) in [6.45, 7) is 0. The van der Waals surface area contributed by atoms with Gasteiger partial charge in [-0.05, 0) is 22.9 Å². The Balaban J connectivity index is 1.65. The molecule has 0 spiro atoms. The predicted octanol–water partition coefficient (Wildman–Crippen LogP) is 7.76. The molecule has 7 rings (SSSR count). The third-order valence-electron chi connectivity index (χ3n) is 7.36. The Bertz CT molecular complexity index is 1980. The van der Waals surface area contributed by atoms with E-state index < -0.39 is 7.14 Å². The number of nitrogens with zero attached hydrogens (tertiary/aromatic N) is 2. The quantitative estimate of drug-likeness (QED) is 0.213. The lowest BCUT2D eigenvalue weighted by Crippen LogP contribution is -2.26. The van der Waals surface area contributed by atoms with E-state index in [1.165, 1.54) is 0 Å². The van der Waals surface area contributed by atoms with Crippen molar-refractivity contribution in [3.8, 4) is 22.6 Å². The number of hydrogen-bond donors (Lipinski definition) is 0. The topological polar surface area (TPSA) is 42.9 Å². The Morgan fingerprint density at radius 3 is 1.70 bits per heavy atom. The summed E-state index contributed by atoms with van der Waals surface area (Å²) in [5.74, 6) is 0.641. The smallest absolute Gasteiger partial charge is 0.171 e. The van der Waals surface area contributed by atoms with Gasteiger partial charge in [-0.3, -0.25) is 0 Å². The highest BCUT2D eigenvalue weighted by Gasteiger charge is 2.34. The van der Waals surface area contributed by atoms with Gasteiger partial charge in [-0.15, -0.1) is 0 Å². The van der Waals surface area contributed by atoms with Crippen molar-refractivity contribution in [2.24, 2.45) is 0 Å². The first-order valence-corrected chi connectivity index (χ1v) is 15.0. The van der Waals surface area contributed by atoms with Crippen molar-refractivity contribution >= 4 is 44.7 Å². The molecule has 3 nitrogen and oxygen atoms in total. The summed E-state index contributed by atoms with van der Waals surface area (Å²) in [6.07, 6.45) is 0. The maximum Gasteiger partial charge on any atom is 0.171 e. The second-order valence-electron chi connectivity index (χ2n) is 9.74. The summed E-state index contributed by atoms with van der Waals surface area (Å²) in [4.78, 5) is 10.2. The Morgan fingerprint density at radius 1 is 0.475 bits per heavy atom. The fourth-order valence-corrected chi connectivity index (χ4v) is 8.32. The molecular weight excluding hydrogens is 507 g/mol. The summed E-state index contributed by atoms with van der Waals surface area (Å²) in [7, 11) is -3.31. The molecule has 0 saturated heterocycles. The fraction of sp³-hybridized carbons (Fsp3) is 0. The molecule has 4 heteroatoms. The van der Waals surface area contributed by atoms with Crippen LogP contribution in [0, 0.1) is 0 Å². The normalized spacial score (nSPS) is 11.6. The lowest BCUT2D eigenvalue weighted by atomic mass is 9.99. The molecule has 0 aliphatic rings. The minimum atomic E-state index is -3.31. The maximum absolute atomic E-state index is 15.7. The van der Waals surface area contributed by atoms with E-state index in [1.807, 2.05) is 127 Å². The van der Waals surface area contributed by atoms with Gasteiger partial charge in [0.05, 0.1) is 11.2 Å². The van der Waals surface area contributed by atoms with Gasteiger partial charge in [0.25, 0.3) is 0 Å². The van der Waals surface area contributed by atoms with Gasteiger partial charge in [0, 0.05) is 32.4 Å². The minimum absolute atomic E-state index is 0.641. The summed E-state index contributed by atoms with van der Waals surface area (Å²) in [5.41, 5.74) is 3.44. The van der Waals surface area contributed by atoms with Gasteiger partial charge in [-0.1, -0.05) is 140 Å². The van der Waals surface area contributed by atoms with Crippen LogP contribution in [0.25, 0.3) is 44.3 Å². The number of para-hydroxylation sites is 1. The van der Waals surface area contributed by atoms with Gasteiger partial charge in [0.15, 0.2) is 13.0 Å². The monoisotopic (exact) mass is 532 g/mol. The summed E-state index contributed by atoms with van der Waals surface area (Å²) >= 11 is 0. The average molecular weight is 533 g/mol. The lowest BCUT2D eigenvalue weighted by Gasteiger charge is -2.24. The van der Waals surface area contributed by atoms with Crippen LogP contribution in [0.3, 0.4) is 0 Å². The summed E-state index contributed by atoms with van der Waals surface area (Å²) in [6, 6.07) is 50.1. The standard InChI is InChI=1S/C36H25N2OP/c39-40(28-17-6-2-7-18-28,29-19-8-3-9-20-29)33-25-24-26-14-10-11-21-30(26)34(33)35-31-22-12-13-23-32(31)37-36(38-35)27-15-4-1-5-16-27/h1-25H. The third-order valence-corrected chi connectivity index (χ3v) is 10.5. The number of benzene rings is 6. The molecule has 0 saturated carbocycles. The van der Waals surface area contributed by atoms with E-state index in [-0.39, 0.29) is 0 Å². The first-order valence-electron chi connectivity index (χ1n) is 13.3. The molecule has 0 aliphatic carbocycles. The van der Waals surface area contributed by atoms with Crippen LogP contribution in [0.1, 0.15) is 0 Å². The van der Waals surface area contributed by atoms with E-state index >= 15 is 4.57 Å². The molecule has 0 atom stereocenters. The molecule has 1 heterocycles. The second-order valence-corrected chi connectivity index (χ2v) is 12.5. The molecule has 0 bridgehead atoms. The van der Waals surface area contributed by atoms with Crippen LogP contribution in [0.5, 0.6) is 0 Å². The van der Waals surface area contributed by atoms with E-state index in [0.29, 0.717) is 5.82 Å².